The predicted molar refractivity (Wildman–Crippen MR) is 42.8 cm³/mol. The second kappa shape index (κ2) is 3.25. The zero-order chi connectivity index (χ0) is 7.56. The number of pyridine rings is 1. The highest BCUT2D eigenvalue weighted by Gasteiger charge is 1.97. The molecular weight excluding hydrogens is 248 g/mol. The molecule has 2 nitrogen and oxygen atoms in total. The third-order valence-corrected chi connectivity index (χ3v) is 1.60. The van der Waals surface area contributed by atoms with Crippen molar-refractivity contribution >= 4 is 22.6 Å². The first kappa shape index (κ1) is 7.87. The fourth-order valence-corrected chi connectivity index (χ4v) is 1.21. The minimum atomic E-state index is -0.545. The van der Waals surface area contributed by atoms with Crippen molar-refractivity contribution in [3.05, 3.63) is 27.3 Å². The first-order valence-electron chi connectivity index (χ1n) is 2.65. The van der Waals surface area contributed by atoms with Crippen molar-refractivity contribution in [2.75, 3.05) is 0 Å². The summed E-state index contributed by atoms with van der Waals surface area (Å²) < 4.78 is 13.1. The topological polar surface area (TPSA) is 33.1 Å². The standard InChI is InChI=1S/C6H5FINO/c7-6-2-4(8)1-5(3-10)9-6/h1-2,10H,3H2. The van der Waals surface area contributed by atoms with Gasteiger partial charge in [-0.15, -0.1) is 0 Å². The monoisotopic (exact) mass is 253 g/mol. The van der Waals surface area contributed by atoms with Crippen LogP contribution < -0.4 is 0 Å². The molecule has 1 rings (SSSR count). The van der Waals surface area contributed by atoms with E-state index in [4.69, 9.17) is 5.11 Å². The van der Waals surface area contributed by atoms with Crippen molar-refractivity contribution in [2.24, 2.45) is 0 Å². The van der Waals surface area contributed by atoms with Gasteiger partial charge in [-0.25, -0.2) is 4.98 Å². The largest absolute Gasteiger partial charge is 0.390 e. The number of rotatable bonds is 1. The Bertz CT molecular complexity index is 221. The summed E-state index contributed by atoms with van der Waals surface area (Å²) in [5, 5.41) is 8.55. The molecule has 4 heteroatoms. The molecule has 0 saturated heterocycles. The summed E-state index contributed by atoms with van der Waals surface area (Å²) >= 11 is 1.96. The minimum absolute atomic E-state index is 0.215. The Morgan fingerprint density at radius 2 is 2.30 bits per heavy atom. The molecule has 1 aromatic heterocycles. The van der Waals surface area contributed by atoms with Crippen molar-refractivity contribution in [3.8, 4) is 0 Å². The fraction of sp³-hybridized carbons (Fsp3) is 0.167. The van der Waals surface area contributed by atoms with Crippen LogP contribution in [0, 0.1) is 9.52 Å². The molecule has 0 aliphatic carbocycles. The molecule has 0 spiro atoms. The van der Waals surface area contributed by atoms with Gasteiger partial charge in [0.2, 0.25) is 5.95 Å². The van der Waals surface area contributed by atoms with E-state index in [-0.39, 0.29) is 6.61 Å². The van der Waals surface area contributed by atoms with E-state index in [1.807, 2.05) is 22.6 Å². The maximum atomic E-state index is 12.4. The maximum Gasteiger partial charge on any atom is 0.214 e. The number of halogens is 2. The van der Waals surface area contributed by atoms with Gasteiger partial charge >= 0.3 is 0 Å². The van der Waals surface area contributed by atoms with Crippen LogP contribution in [0.25, 0.3) is 0 Å². The van der Waals surface area contributed by atoms with Crippen molar-refractivity contribution in [3.63, 3.8) is 0 Å². The van der Waals surface area contributed by atoms with Crippen LogP contribution in [0.15, 0.2) is 12.1 Å². The normalized spacial score (nSPS) is 9.90. The van der Waals surface area contributed by atoms with Gasteiger partial charge in [0.15, 0.2) is 0 Å². The van der Waals surface area contributed by atoms with Gasteiger partial charge in [-0.2, -0.15) is 4.39 Å². The zero-order valence-corrected chi connectivity index (χ0v) is 7.17. The smallest absolute Gasteiger partial charge is 0.214 e. The average Bonchev–Trinajstić information content (AvgIpc) is 1.85. The molecule has 0 atom stereocenters. The number of aliphatic hydroxyl groups is 1. The van der Waals surface area contributed by atoms with E-state index in [1.54, 1.807) is 6.07 Å². The molecule has 0 aliphatic rings. The quantitative estimate of drug-likeness (QED) is 0.604. The predicted octanol–water partition coefficient (Wildman–Crippen LogP) is 1.32. The van der Waals surface area contributed by atoms with E-state index in [2.05, 4.69) is 4.98 Å². The van der Waals surface area contributed by atoms with Crippen LogP contribution in [0.5, 0.6) is 0 Å². The highest BCUT2D eigenvalue weighted by Crippen LogP contribution is 2.07. The molecule has 0 radical (unpaired) electrons. The lowest BCUT2D eigenvalue weighted by Gasteiger charge is -1.95. The Labute approximate surface area is 71.2 Å². The summed E-state index contributed by atoms with van der Waals surface area (Å²) in [6.45, 7) is -0.215. The van der Waals surface area contributed by atoms with Gasteiger partial charge in [-0.1, -0.05) is 0 Å². The van der Waals surface area contributed by atoms with Crippen molar-refractivity contribution < 1.29 is 9.50 Å². The van der Waals surface area contributed by atoms with Crippen LogP contribution in [-0.4, -0.2) is 10.1 Å². The molecule has 0 saturated carbocycles. The molecular formula is C6H5FINO. The molecule has 0 unspecified atom stereocenters. The molecule has 1 N–H and O–H groups in total. The summed E-state index contributed by atoms with van der Waals surface area (Å²) in [5.41, 5.74) is 0.365. The molecule has 10 heavy (non-hydrogen) atoms. The van der Waals surface area contributed by atoms with E-state index in [9.17, 15) is 4.39 Å². The Balaban J connectivity index is 3.06. The first-order valence-corrected chi connectivity index (χ1v) is 3.73. The number of aliphatic hydroxyl groups excluding tert-OH is 1. The van der Waals surface area contributed by atoms with E-state index < -0.39 is 5.95 Å². The lowest BCUT2D eigenvalue weighted by molar-refractivity contribution is 0.275. The van der Waals surface area contributed by atoms with Gasteiger partial charge < -0.3 is 5.11 Å². The van der Waals surface area contributed by atoms with Crippen LogP contribution in [0.1, 0.15) is 5.69 Å². The van der Waals surface area contributed by atoms with Crippen LogP contribution in [0.4, 0.5) is 4.39 Å². The molecule has 0 aromatic carbocycles. The highest BCUT2D eigenvalue weighted by atomic mass is 127. The van der Waals surface area contributed by atoms with Gasteiger partial charge in [-0.05, 0) is 28.7 Å². The van der Waals surface area contributed by atoms with Gasteiger partial charge in [0.25, 0.3) is 0 Å². The number of aromatic nitrogens is 1. The lowest BCUT2D eigenvalue weighted by Crippen LogP contribution is -1.92. The van der Waals surface area contributed by atoms with Gasteiger partial charge in [-0.3, -0.25) is 0 Å². The SMILES string of the molecule is OCc1cc(I)cc(F)n1. The summed E-state index contributed by atoms with van der Waals surface area (Å²) in [5.74, 6) is -0.545. The summed E-state index contributed by atoms with van der Waals surface area (Å²) in [6, 6.07) is 2.93. The molecule has 0 bridgehead atoms. The molecule has 0 aliphatic heterocycles. The minimum Gasteiger partial charge on any atom is -0.390 e. The lowest BCUT2D eigenvalue weighted by atomic mass is 10.4. The van der Waals surface area contributed by atoms with Crippen LogP contribution in [0.3, 0.4) is 0 Å². The van der Waals surface area contributed by atoms with Gasteiger partial charge in [0.05, 0.1) is 12.3 Å². The second-order valence-corrected chi connectivity index (χ2v) is 3.00. The van der Waals surface area contributed by atoms with Crippen LogP contribution >= 0.6 is 22.6 Å². The fourth-order valence-electron chi connectivity index (χ4n) is 0.597. The van der Waals surface area contributed by atoms with Crippen LogP contribution in [0.2, 0.25) is 0 Å². The number of hydrogen-bond donors (Lipinski definition) is 1. The number of nitrogens with zero attached hydrogens (tertiary/aromatic N) is 1. The van der Waals surface area contributed by atoms with Gasteiger partial charge in [0.1, 0.15) is 0 Å². The Morgan fingerprint density at radius 3 is 2.80 bits per heavy atom. The zero-order valence-electron chi connectivity index (χ0n) is 5.01. The third-order valence-electron chi connectivity index (χ3n) is 0.974. The van der Waals surface area contributed by atoms with Crippen molar-refractivity contribution in [1.82, 2.24) is 4.98 Å². The third kappa shape index (κ3) is 1.88. The highest BCUT2D eigenvalue weighted by molar-refractivity contribution is 14.1. The summed E-state index contributed by atoms with van der Waals surface area (Å²) in [6.07, 6.45) is 0. The summed E-state index contributed by atoms with van der Waals surface area (Å²) in [4.78, 5) is 3.43. The molecule has 0 amide bonds. The van der Waals surface area contributed by atoms with Crippen molar-refractivity contribution in [2.45, 2.75) is 6.61 Å². The maximum absolute atomic E-state index is 12.4. The molecule has 54 valence electrons. The van der Waals surface area contributed by atoms with E-state index >= 15 is 0 Å². The van der Waals surface area contributed by atoms with E-state index in [0.717, 1.165) is 3.57 Å². The van der Waals surface area contributed by atoms with E-state index in [1.165, 1.54) is 6.07 Å². The van der Waals surface area contributed by atoms with E-state index in [0.29, 0.717) is 5.69 Å². The van der Waals surface area contributed by atoms with Crippen LogP contribution in [-0.2, 0) is 6.61 Å². The molecule has 0 fully saturated rings. The molecule has 1 heterocycles. The summed E-state index contributed by atoms with van der Waals surface area (Å²) in [7, 11) is 0. The Kier molecular flexibility index (Phi) is 2.56. The Morgan fingerprint density at radius 1 is 1.60 bits per heavy atom. The average molecular weight is 253 g/mol. The second-order valence-electron chi connectivity index (χ2n) is 1.76. The first-order chi connectivity index (χ1) is 4.72. The number of hydrogen-bond acceptors (Lipinski definition) is 2. The van der Waals surface area contributed by atoms with Crippen molar-refractivity contribution in [1.29, 1.82) is 0 Å². The Hall–Kier alpha value is -0.230. The van der Waals surface area contributed by atoms with Gasteiger partial charge in [0, 0.05) is 9.64 Å². The molecule has 1 aromatic rings.